The maximum absolute atomic E-state index is 13.3. The van der Waals surface area contributed by atoms with E-state index in [0.29, 0.717) is 61.2 Å². The second-order valence-corrected chi connectivity index (χ2v) is 9.39. The zero-order chi connectivity index (χ0) is 25.2. The summed E-state index contributed by atoms with van der Waals surface area (Å²) in [4.78, 5) is 37.9. The van der Waals surface area contributed by atoms with Crippen molar-refractivity contribution in [3.63, 3.8) is 0 Å². The quantitative estimate of drug-likeness (QED) is 0.436. The molecule has 0 saturated heterocycles. The maximum Gasteiger partial charge on any atom is 0.342 e. The number of cyclic esters (lactones) is 1. The molecule has 0 unspecified atom stereocenters. The first-order chi connectivity index (χ1) is 17.4. The summed E-state index contributed by atoms with van der Waals surface area (Å²) in [7, 11) is 0. The van der Waals surface area contributed by atoms with Gasteiger partial charge in [-0.1, -0.05) is 18.2 Å². The van der Waals surface area contributed by atoms with Crippen LogP contribution < -0.4 is 14.2 Å². The molecule has 0 radical (unpaired) electrons. The van der Waals surface area contributed by atoms with E-state index in [9.17, 15) is 19.5 Å². The summed E-state index contributed by atoms with van der Waals surface area (Å²) < 4.78 is 22.1. The summed E-state index contributed by atoms with van der Waals surface area (Å²) in [6.45, 7) is 1.89. The Bertz CT molecular complexity index is 1240. The van der Waals surface area contributed by atoms with E-state index < -0.39 is 24.0 Å². The van der Waals surface area contributed by atoms with Gasteiger partial charge >= 0.3 is 11.9 Å². The van der Waals surface area contributed by atoms with Gasteiger partial charge < -0.3 is 24.1 Å². The van der Waals surface area contributed by atoms with Gasteiger partial charge in [-0.3, -0.25) is 9.59 Å². The maximum atomic E-state index is 13.3. The van der Waals surface area contributed by atoms with Crippen molar-refractivity contribution in [2.24, 2.45) is 0 Å². The van der Waals surface area contributed by atoms with Gasteiger partial charge in [-0.15, -0.1) is 0 Å². The van der Waals surface area contributed by atoms with Crippen LogP contribution in [0, 0.1) is 0 Å². The molecule has 1 N–H and O–H groups in total. The van der Waals surface area contributed by atoms with Gasteiger partial charge in [0, 0.05) is 24.3 Å². The Kier molecular flexibility index (Phi) is 6.67. The molecular formula is C28H28O8. The minimum atomic E-state index is -0.660. The lowest BCUT2D eigenvalue weighted by atomic mass is 9.83. The van der Waals surface area contributed by atoms with Crippen molar-refractivity contribution in [2.75, 3.05) is 6.79 Å². The van der Waals surface area contributed by atoms with E-state index in [0.717, 1.165) is 5.56 Å². The Hall–Kier alpha value is -3.81. The number of allylic oxidation sites excluding steroid dienone is 1. The lowest BCUT2D eigenvalue weighted by Gasteiger charge is -2.27. The van der Waals surface area contributed by atoms with Gasteiger partial charge in [0.25, 0.3) is 0 Å². The topological polar surface area (TPSA) is 108 Å². The number of rotatable bonds is 1. The number of aromatic hydroxyl groups is 1. The Morgan fingerprint density at radius 2 is 1.78 bits per heavy atom. The molecule has 0 aromatic heterocycles. The Labute approximate surface area is 208 Å². The molecule has 0 aliphatic carbocycles. The molecule has 8 heteroatoms. The van der Waals surface area contributed by atoms with Crippen molar-refractivity contribution in [2.45, 2.75) is 63.9 Å². The largest absolute Gasteiger partial charge is 0.507 e. The van der Waals surface area contributed by atoms with E-state index in [1.165, 1.54) is 0 Å². The monoisotopic (exact) mass is 492 g/mol. The molecule has 5 rings (SSSR count). The summed E-state index contributed by atoms with van der Waals surface area (Å²) in [5, 5.41) is 11.5. The van der Waals surface area contributed by atoms with Gasteiger partial charge in [0.2, 0.25) is 6.79 Å². The van der Waals surface area contributed by atoms with Crippen LogP contribution in [-0.4, -0.2) is 35.7 Å². The summed E-state index contributed by atoms with van der Waals surface area (Å²) in [6.07, 6.45) is 6.59. The Morgan fingerprint density at radius 1 is 0.972 bits per heavy atom. The highest BCUT2D eigenvalue weighted by molar-refractivity contribution is 5.98. The van der Waals surface area contributed by atoms with Crippen LogP contribution >= 0.6 is 0 Å². The van der Waals surface area contributed by atoms with Crippen molar-refractivity contribution in [3.8, 4) is 23.0 Å². The Balaban J connectivity index is 1.59. The lowest BCUT2D eigenvalue weighted by molar-refractivity contribution is -0.135. The summed E-state index contributed by atoms with van der Waals surface area (Å²) >= 11 is 0. The highest BCUT2D eigenvalue weighted by Crippen LogP contribution is 2.48. The molecule has 0 saturated carbocycles. The number of Topliss-reactive ketones (excluding diaryl/α,β-unsaturated/α-hetero) is 1. The number of fused-ring (bicyclic) bond motifs is 3. The number of ether oxygens (including phenoxy) is 4. The van der Waals surface area contributed by atoms with Gasteiger partial charge in [-0.05, 0) is 61.9 Å². The zero-order valence-corrected chi connectivity index (χ0v) is 20.1. The Morgan fingerprint density at radius 3 is 2.64 bits per heavy atom. The van der Waals surface area contributed by atoms with Crippen LogP contribution in [-0.2, 0) is 14.3 Å². The molecular weight excluding hydrogens is 464 g/mol. The smallest absolute Gasteiger partial charge is 0.342 e. The van der Waals surface area contributed by atoms with Crippen molar-refractivity contribution >= 4 is 23.8 Å². The third-order valence-corrected chi connectivity index (χ3v) is 6.78. The summed E-state index contributed by atoms with van der Waals surface area (Å²) in [6, 6.07) is 6.95. The fraction of sp³-hybridized carbons (Fsp3) is 0.393. The molecule has 0 spiro atoms. The average molecular weight is 493 g/mol. The normalized spacial score (nSPS) is 22.2. The third kappa shape index (κ3) is 4.80. The van der Waals surface area contributed by atoms with E-state index in [4.69, 9.17) is 18.9 Å². The highest BCUT2D eigenvalue weighted by atomic mass is 16.7. The van der Waals surface area contributed by atoms with Crippen LogP contribution in [0.4, 0.5) is 0 Å². The van der Waals surface area contributed by atoms with Gasteiger partial charge in [-0.2, -0.15) is 0 Å². The molecule has 3 aliphatic rings. The number of hydrogen-bond acceptors (Lipinski definition) is 8. The van der Waals surface area contributed by atoms with Crippen LogP contribution in [0.3, 0.4) is 0 Å². The first-order valence-corrected chi connectivity index (χ1v) is 12.3. The zero-order valence-electron chi connectivity index (χ0n) is 20.1. The number of carbonyl (C=O) groups excluding carboxylic acids is 3. The average Bonchev–Trinajstić information content (AvgIpc) is 3.30. The van der Waals surface area contributed by atoms with Crippen LogP contribution in [0.2, 0.25) is 0 Å². The van der Waals surface area contributed by atoms with Crippen LogP contribution in [0.1, 0.15) is 84.8 Å². The predicted molar refractivity (Wildman–Crippen MR) is 129 cm³/mol. The molecule has 8 nitrogen and oxygen atoms in total. The molecule has 188 valence electrons. The molecule has 2 atom stereocenters. The number of ketones is 1. The van der Waals surface area contributed by atoms with E-state index in [-0.39, 0.29) is 36.1 Å². The van der Waals surface area contributed by atoms with Crippen LogP contribution in [0.25, 0.3) is 6.08 Å². The standard InChI is InChI=1S/C28H28O8/c1-16-6-5-9-19(29)8-4-2-3-7-18-13-23-26(27(31)25(18)28(32)35-16)20(14-24(30)36-23)17-10-11-21-22(12-17)34-15-33-21/h3,7,10-13,16,20,31H,2,4-6,8-9,14-15H2,1H3/t16-,20-/m0/s1. The first-order valence-electron chi connectivity index (χ1n) is 12.3. The number of esters is 2. The summed E-state index contributed by atoms with van der Waals surface area (Å²) in [5.74, 6) is -0.345. The van der Waals surface area contributed by atoms with Crippen LogP contribution in [0.15, 0.2) is 30.3 Å². The van der Waals surface area contributed by atoms with Crippen molar-refractivity contribution in [1.29, 1.82) is 0 Å². The van der Waals surface area contributed by atoms with Gasteiger partial charge in [0.1, 0.15) is 22.8 Å². The first kappa shape index (κ1) is 23.9. The molecule has 0 bridgehead atoms. The molecule has 2 aromatic carbocycles. The number of benzene rings is 2. The second-order valence-electron chi connectivity index (χ2n) is 9.39. The van der Waals surface area contributed by atoms with Crippen LogP contribution in [0.5, 0.6) is 23.0 Å². The lowest BCUT2D eigenvalue weighted by Crippen LogP contribution is -2.23. The predicted octanol–water partition coefficient (Wildman–Crippen LogP) is 5.04. The van der Waals surface area contributed by atoms with E-state index in [2.05, 4.69) is 0 Å². The molecule has 36 heavy (non-hydrogen) atoms. The summed E-state index contributed by atoms with van der Waals surface area (Å²) in [5.41, 5.74) is 1.52. The van der Waals surface area contributed by atoms with Gasteiger partial charge in [0.05, 0.1) is 12.5 Å². The minimum Gasteiger partial charge on any atom is -0.507 e. The molecule has 0 fully saturated rings. The minimum absolute atomic E-state index is 0.00565. The fourth-order valence-corrected chi connectivity index (χ4v) is 4.93. The van der Waals surface area contributed by atoms with Crippen molar-refractivity contribution < 1.29 is 38.4 Å². The third-order valence-electron chi connectivity index (χ3n) is 6.78. The molecule has 0 amide bonds. The van der Waals surface area contributed by atoms with Gasteiger partial charge in [-0.25, -0.2) is 4.79 Å². The molecule has 3 aliphatic heterocycles. The number of hydrogen-bond donors (Lipinski definition) is 1. The number of phenols is 1. The second kappa shape index (κ2) is 10.0. The molecule has 3 heterocycles. The van der Waals surface area contributed by atoms with Crippen molar-refractivity contribution in [3.05, 3.63) is 52.6 Å². The van der Waals surface area contributed by atoms with E-state index >= 15 is 0 Å². The van der Waals surface area contributed by atoms with E-state index in [1.807, 2.05) is 12.1 Å². The number of phenolic OH excluding ortho intramolecular Hbond substituents is 1. The fourth-order valence-electron chi connectivity index (χ4n) is 4.93. The van der Waals surface area contributed by atoms with E-state index in [1.54, 1.807) is 31.2 Å². The number of carbonyl (C=O) groups is 3. The van der Waals surface area contributed by atoms with Gasteiger partial charge in [0.15, 0.2) is 11.5 Å². The molecule has 2 aromatic rings. The van der Waals surface area contributed by atoms with Crippen molar-refractivity contribution in [1.82, 2.24) is 0 Å². The highest BCUT2D eigenvalue weighted by Gasteiger charge is 2.36. The SMILES string of the molecule is C[C@H]1CCCC(=O)CCCC=Cc2cc3c(c(O)c2C(=O)O1)[C@H](c1ccc2c(c1)OCO2)CC(=O)O3.